The Kier molecular flexibility index (Phi) is 6.36. The van der Waals surface area contributed by atoms with E-state index in [9.17, 15) is 18.0 Å². The first-order chi connectivity index (χ1) is 11.4. The van der Waals surface area contributed by atoms with E-state index in [1.54, 1.807) is 0 Å². The molecule has 0 aromatic heterocycles. The molecule has 0 atom stereocenters. The number of amides is 1. The van der Waals surface area contributed by atoms with Gasteiger partial charge in [0, 0.05) is 12.8 Å². The summed E-state index contributed by atoms with van der Waals surface area (Å²) in [5.74, 6) is -0.452. The highest BCUT2D eigenvalue weighted by atomic mass is 32.2. The van der Waals surface area contributed by atoms with Crippen LogP contribution in [0.1, 0.15) is 42.5 Å². The number of carbonyl (C=O) groups excluding carboxylic acids is 2. The van der Waals surface area contributed by atoms with Gasteiger partial charge in [-0.1, -0.05) is 19.3 Å². The largest absolute Gasteiger partial charge is 0.452 e. The fourth-order valence-corrected chi connectivity index (χ4v) is 3.38. The molecular formula is C17H23NO5S. The van der Waals surface area contributed by atoms with Gasteiger partial charge in [-0.25, -0.2) is 13.2 Å². The molecule has 0 radical (unpaired) electrons. The van der Waals surface area contributed by atoms with Crippen LogP contribution in [0.5, 0.6) is 0 Å². The van der Waals surface area contributed by atoms with Crippen LogP contribution in [0.15, 0.2) is 29.2 Å². The average Bonchev–Trinajstić information content (AvgIpc) is 2.58. The summed E-state index contributed by atoms with van der Waals surface area (Å²) in [6.45, 7) is 0.290. The summed E-state index contributed by atoms with van der Waals surface area (Å²) in [5.41, 5.74) is 0.211. The molecule has 2 rings (SSSR count). The predicted molar refractivity (Wildman–Crippen MR) is 89.4 cm³/mol. The number of ether oxygens (including phenoxy) is 1. The fourth-order valence-electron chi connectivity index (χ4n) is 2.75. The molecular weight excluding hydrogens is 330 g/mol. The minimum Gasteiger partial charge on any atom is -0.452 e. The molecule has 0 aliphatic heterocycles. The maximum atomic E-state index is 11.9. The molecule has 7 heteroatoms. The molecule has 1 aromatic rings. The Morgan fingerprint density at radius 2 is 1.75 bits per heavy atom. The number of nitrogens with one attached hydrogen (secondary N) is 1. The SMILES string of the molecule is CS(=O)(=O)c1ccc(C(=O)OCC(=O)NCC2CCCCC2)cc1. The highest BCUT2D eigenvalue weighted by Crippen LogP contribution is 2.22. The predicted octanol–water partition coefficient (Wildman–Crippen LogP) is 1.94. The third kappa shape index (κ3) is 5.63. The summed E-state index contributed by atoms with van der Waals surface area (Å²) in [6, 6.07) is 5.43. The van der Waals surface area contributed by atoms with Crippen molar-refractivity contribution < 1.29 is 22.7 Å². The van der Waals surface area contributed by atoms with Crippen molar-refractivity contribution in [2.24, 2.45) is 5.92 Å². The van der Waals surface area contributed by atoms with E-state index in [4.69, 9.17) is 4.74 Å². The van der Waals surface area contributed by atoms with Crippen molar-refractivity contribution in [2.45, 2.75) is 37.0 Å². The molecule has 0 spiro atoms. The molecule has 1 fully saturated rings. The van der Waals surface area contributed by atoms with Gasteiger partial charge in [0.05, 0.1) is 10.5 Å². The molecule has 0 saturated heterocycles. The Hall–Kier alpha value is -1.89. The van der Waals surface area contributed by atoms with Gasteiger partial charge < -0.3 is 10.1 Å². The van der Waals surface area contributed by atoms with Crippen LogP contribution < -0.4 is 5.32 Å². The maximum Gasteiger partial charge on any atom is 0.338 e. The fraction of sp³-hybridized carbons (Fsp3) is 0.529. The number of sulfone groups is 1. The standard InChI is InChI=1S/C17H23NO5S/c1-24(21,22)15-9-7-14(8-10-15)17(20)23-12-16(19)18-11-13-5-3-2-4-6-13/h7-10,13H,2-6,11-12H2,1H3,(H,18,19). The first-order valence-electron chi connectivity index (χ1n) is 8.10. The van der Waals surface area contributed by atoms with E-state index in [0.29, 0.717) is 12.5 Å². The molecule has 6 nitrogen and oxygen atoms in total. The monoisotopic (exact) mass is 353 g/mol. The van der Waals surface area contributed by atoms with E-state index < -0.39 is 15.8 Å². The van der Waals surface area contributed by atoms with Crippen LogP contribution in [-0.2, 0) is 19.4 Å². The maximum absolute atomic E-state index is 11.9. The summed E-state index contributed by atoms with van der Waals surface area (Å²) >= 11 is 0. The molecule has 1 aliphatic rings. The van der Waals surface area contributed by atoms with E-state index in [0.717, 1.165) is 19.1 Å². The van der Waals surface area contributed by atoms with Crippen molar-refractivity contribution in [1.82, 2.24) is 5.32 Å². The van der Waals surface area contributed by atoms with E-state index in [1.165, 1.54) is 43.5 Å². The van der Waals surface area contributed by atoms with Crippen LogP contribution in [0.2, 0.25) is 0 Å². The van der Waals surface area contributed by atoms with Gasteiger partial charge in [0.15, 0.2) is 16.4 Å². The van der Waals surface area contributed by atoms with Gasteiger partial charge >= 0.3 is 5.97 Å². The van der Waals surface area contributed by atoms with Gasteiger partial charge in [0.2, 0.25) is 0 Å². The van der Waals surface area contributed by atoms with E-state index in [1.807, 2.05) is 0 Å². The number of hydrogen-bond acceptors (Lipinski definition) is 5. The molecule has 0 unspecified atom stereocenters. The summed E-state index contributed by atoms with van der Waals surface area (Å²) in [7, 11) is -3.31. The second-order valence-corrected chi connectivity index (χ2v) is 8.20. The van der Waals surface area contributed by atoms with Gasteiger partial charge in [-0.15, -0.1) is 0 Å². The molecule has 132 valence electrons. The van der Waals surface area contributed by atoms with Crippen LogP contribution in [0.3, 0.4) is 0 Å². The number of esters is 1. The van der Waals surface area contributed by atoms with Gasteiger partial charge in [-0.3, -0.25) is 4.79 Å². The van der Waals surface area contributed by atoms with Crippen LogP contribution in [0.25, 0.3) is 0 Å². The topological polar surface area (TPSA) is 89.5 Å². The van der Waals surface area contributed by atoms with Gasteiger partial charge in [0.25, 0.3) is 5.91 Å². The molecule has 0 bridgehead atoms. The van der Waals surface area contributed by atoms with Crippen molar-refractivity contribution in [3.05, 3.63) is 29.8 Å². The zero-order chi connectivity index (χ0) is 17.6. The molecule has 1 aliphatic carbocycles. The Morgan fingerprint density at radius 3 is 2.33 bits per heavy atom. The quantitative estimate of drug-likeness (QED) is 0.790. The van der Waals surface area contributed by atoms with Crippen LogP contribution in [0.4, 0.5) is 0 Å². The number of benzene rings is 1. The van der Waals surface area contributed by atoms with Gasteiger partial charge in [-0.05, 0) is 43.0 Å². The molecule has 24 heavy (non-hydrogen) atoms. The average molecular weight is 353 g/mol. The molecule has 0 heterocycles. The lowest BCUT2D eigenvalue weighted by Gasteiger charge is -2.21. The Balaban J connectivity index is 1.76. The van der Waals surface area contributed by atoms with Crippen LogP contribution in [-0.4, -0.2) is 39.7 Å². The second-order valence-electron chi connectivity index (χ2n) is 6.18. The normalized spacial score (nSPS) is 15.7. The zero-order valence-corrected chi connectivity index (χ0v) is 14.6. The van der Waals surface area contributed by atoms with E-state index >= 15 is 0 Å². The molecule has 1 aromatic carbocycles. The van der Waals surface area contributed by atoms with E-state index in [2.05, 4.69) is 5.32 Å². The first-order valence-corrected chi connectivity index (χ1v) is 9.99. The lowest BCUT2D eigenvalue weighted by molar-refractivity contribution is -0.124. The Morgan fingerprint density at radius 1 is 1.12 bits per heavy atom. The number of rotatable bonds is 6. The van der Waals surface area contributed by atoms with Crippen molar-refractivity contribution in [2.75, 3.05) is 19.4 Å². The number of hydrogen-bond donors (Lipinski definition) is 1. The Bertz CT molecular complexity index is 675. The van der Waals surface area contributed by atoms with Crippen LogP contribution in [0, 0.1) is 5.92 Å². The summed E-state index contributed by atoms with van der Waals surface area (Å²) in [4.78, 5) is 23.7. The highest BCUT2D eigenvalue weighted by molar-refractivity contribution is 7.90. The highest BCUT2D eigenvalue weighted by Gasteiger charge is 2.16. The van der Waals surface area contributed by atoms with Crippen molar-refractivity contribution in [3.8, 4) is 0 Å². The minimum absolute atomic E-state index is 0.129. The number of carbonyl (C=O) groups is 2. The van der Waals surface area contributed by atoms with Gasteiger partial charge in [0.1, 0.15) is 0 Å². The van der Waals surface area contributed by atoms with Gasteiger partial charge in [-0.2, -0.15) is 0 Å². The third-order valence-corrected chi connectivity index (χ3v) is 5.29. The van der Waals surface area contributed by atoms with Crippen molar-refractivity contribution in [1.29, 1.82) is 0 Å². The molecule has 1 saturated carbocycles. The summed E-state index contributed by atoms with van der Waals surface area (Å²) in [6.07, 6.45) is 7.04. The lowest BCUT2D eigenvalue weighted by Crippen LogP contribution is -2.33. The van der Waals surface area contributed by atoms with Crippen molar-refractivity contribution >= 4 is 21.7 Å². The summed E-state index contributed by atoms with van der Waals surface area (Å²) in [5, 5.41) is 2.79. The third-order valence-electron chi connectivity index (χ3n) is 4.17. The molecule has 1 N–H and O–H groups in total. The van der Waals surface area contributed by atoms with E-state index in [-0.39, 0.29) is 23.0 Å². The van der Waals surface area contributed by atoms with Crippen molar-refractivity contribution in [3.63, 3.8) is 0 Å². The summed E-state index contributed by atoms with van der Waals surface area (Å²) < 4.78 is 27.7. The Labute approximate surface area is 142 Å². The lowest BCUT2D eigenvalue weighted by atomic mass is 9.89. The smallest absolute Gasteiger partial charge is 0.338 e. The van der Waals surface area contributed by atoms with Crippen LogP contribution >= 0.6 is 0 Å². The zero-order valence-electron chi connectivity index (χ0n) is 13.8. The minimum atomic E-state index is -3.31. The molecule has 1 amide bonds. The first kappa shape index (κ1) is 18.4. The second kappa shape index (κ2) is 8.28.